The minimum Gasteiger partial charge on any atom is -0.497 e. The molecule has 0 bridgehead atoms. The number of benzene rings is 1. The van der Waals surface area contributed by atoms with Gasteiger partial charge in [-0.25, -0.2) is 4.98 Å². The van der Waals surface area contributed by atoms with Crippen molar-refractivity contribution in [1.29, 1.82) is 0 Å². The maximum atomic E-state index is 12.0. The van der Waals surface area contributed by atoms with E-state index in [-0.39, 0.29) is 11.9 Å². The Kier molecular flexibility index (Phi) is 5.35. The van der Waals surface area contributed by atoms with Gasteiger partial charge in [0.25, 0.3) is 0 Å². The standard InChI is InChI=1S/C15H20N4O3/c1-11(13-5-4-12(21-2)8-14(13)22-3)18-15(20)6-7-19-10-16-9-17-19/h4-5,8-11H,6-7H2,1-3H3,(H,18,20)/t11-/m0/s1. The van der Waals surface area contributed by atoms with Crippen molar-refractivity contribution in [2.24, 2.45) is 0 Å². The third kappa shape index (κ3) is 3.97. The van der Waals surface area contributed by atoms with E-state index in [4.69, 9.17) is 9.47 Å². The summed E-state index contributed by atoms with van der Waals surface area (Å²) < 4.78 is 12.1. The van der Waals surface area contributed by atoms with Crippen LogP contribution in [0.2, 0.25) is 0 Å². The Bertz CT molecular complexity index is 613. The molecule has 1 aromatic heterocycles. The highest BCUT2D eigenvalue weighted by atomic mass is 16.5. The molecule has 0 aliphatic heterocycles. The first-order valence-electron chi connectivity index (χ1n) is 6.97. The third-order valence-corrected chi connectivity index (χ3v) is 3.32. The highest BCUT2D eigenvalue weighted by Gasteiger charge is 2.15. The predicted octanol–water partition coefficient (Wildman–Crippen LogP) is 1.56. The van der Waals surface area contributed by atoms with Gasteiger partial charge in [0, 0.05) is 18.1 Å². The highest BCUT2D eigenvalue weighted by Crippen LogP contribution is 2.29. The van der Waals surface area contributed by atoms with Gasteiger partial charge in [-0.1, -0.05) is 0 Å². The molecule has 1 atom stereocenters. The summed E-state index contributed by atoms with van der Waals surface area (Å²) in [4.78, 5) is 15.8. The Morgan fingerprint density at radius 1 is 1.36 bits per heavy atom. The Morgan fingerprint density at radius 3 is 2.82 bits per heavy atom. The number of carbonyl (C=O) groups is 1. The monoisotopic (exact) mass is 304 g/mol. The summed E-state index contributed by atoms with van der Waals surface area (Å²) in [5.41, 5.74) is 0.900. The predicted molar refractivity (Wildman–Crippen MR) is 80.7 cm³/mol. The number of hydrogen-bond donors (Lipinski definition) is 1. The first kappa shape index (κ1) is 15.8. The van der Waals surface area contributed by atoms with Crippen molar-refractivity contribution in [2.45, 2.75) is 25.9 Å². The van der Waals surface area contributed by atoms with E-state index in [9.17, 15) is 4.79 Å². The molecule has 1 N–H and O–H groups in total. The number of amides is 1. The first-order chi connectivity index (χ1) is 10.6. The molecule has 0 saturated heterocycles. The van der Waals surface area contributed by atoms with Gasteiger partial charge in [-0.05, 0) is 19.1 Å². The molecular weight excluding hydrogens is 284 g/mol. The fraction of sp³-hybridized carbons (Fsp3) is 0.400. The van der Waals surface area contributed by atoms with Gasteiger partial charge in [-0.2, -0.15) is 5.10 Å². The second kappa shape index (κ2) is 7.44. The third-order valence-electron chi connectivity index (χ3n) is 3.32. The minimum atomic E-state index is -0.163. The molecule has 1 aromatic carbocycles. The summed E-state index contributed by atoms with van der Waals surface area (Å²) >= 11 is 0. The molecular formula is C15H20N4O3. The van der Waals surface area contributed by atoms with Gasteiger partial charge in [-0.15, -0.1) is 0 Å². The van der Waals surface area contributed by atoms with E-state index in [0.29, 0.717) is 24.5 Å². The van der Waals surface area contributed by atoms with Crippen molar-refractivity contribution >= 4 is 5.91 Å². The second-order valence-corrected chi connectivity index (χ2v) is 4.81. The number of aryl methyl sites for hydroxylation is 1. The zero-order chi connectivity index (χ0) is 15.9. The summed E-state index contributed by atoms with van der Waals surface area (Å²) in [6.45, 7) is 2.41. The Hall–Kier alpha value is -2.57. The zero-order valence-corrected chi connectivity index (χ0v) is 12.9. The lowest BCUT2D eigenvalue weighted by molar-refractivity contribution is -0.122. The van der Waals surface area contributed by atoms with Gasteiger partial charge in [0.15, 0.2) is 0 Å². The molecule has 118 valence electrons. The summed E-state index contributed by atoms with van der Waals surface area (Å²) in [6.07, 6.45) is 3.37. The molecule has 0 aliphatic carbocycles. The van der Waals surface area contributed by atoms with E-state index >= 15 is 0 Å². The van der Waals surface area contributed by atoms with Crippen molar-refractivity contribution in [1.82, 2.24) is 20.1 Å². The van der Waals surface area contributed by atoms with Crippen molar-refractivity contribution < 1.29 is 14.3 Å². The maximum Gasteiger partial charge on any atom is 0.222 e. The molecule has 0 unspecified atom stereocenters. The van der Waals surface area contributed by atoms with Crippen LogP contribution >= 0.6 is 0 Å². The Morgan fingerprint density at radius 2 is 2.18 bits per heavy atom. The molecule has 7 heteroatoms. The lowest BCUT2D eigenvalue weighted by Gasteiger charge is -2.18. The van der Waals surface area contributed by atoms with Gasteiger partial charge < -0.3 is 14.8 Å². The zero-order valence-electron chi connectivity index (χ0n) is 12.9. The van der Waals surface area contributed by atoms with Gasteiger partial charge in [0.1, 0.15) is 24.2 Å². The van der Waals surface area contributed by atoms with Crippen molar-refractivity contribution in [3.63, 3.8) is 0 Å². The fourth-order valence-corrected chi connectivity index (χ4v) is 2.13. The molecule has 0 spiro atoms. The summed E-state index contributed by atoms with van der Waals surface area (Å²) in [5.74, 6) is 1.34. The quantitative estimate of drug-likeness (QED) is 0.840. The minimum absolute atomic E-state index is 0.0547. The fourth-order valence-electron chi connectivity index (χ4n) is 2.13. The van der Waals surface area contributed by atoms with Crippen LogP contribution in [0.15, 0.2) is 30.9 Å². The number of hydrogen-bond acceptors (Lipinski definition) is 5. The summed E-state index contributed by atoms with van der Waals surface area (Å²) in [7, 11) is 3.20. The van der Waals surface area contributed by atoms with Crippen LogP contribution < -0.4 is 14.8 Å². The Balaban J connectivity index is 1.96. The summed E-state index contributed by atoms with van der Waals surface area (Å²) in [6, 6.07) is 5.37. The van der Waals surface area contributed by atoms with E-state index in [1.54, 1.807) is 31.3 Å². The molecule has 22 heavy (non-hydrogen) atoms. The maximum absolute atomic E-state index is 12.0. The molecule has 1 amide bonds. The van der Waals surface area contributed by atoms with Crippen molar-refractivity contribution in [2.75, 3.05) is 14.2 Å². The first-order valence-corrected chi connectivity index (χ1v) is 6.97. The molecule has 0 fully saturated rings. The van der Waals surface area contributed by atoms with Crippen LogP contribution in [0, 0.1) is 0 Å². The molecule has 7 nitrogen and oxygen atoms in total. The number of ether oxygens (including phenoxy) is 2. The SMILES string of the molecule is COc1ccc([C@H](C)NC(=O)CCn2cncn2)c(OC)c1. The number of carbonyl (C=O) groups excluding carboxylic acids is 1. The number of nitrogens with zero attached hydrogens (tertiary/aromatic N) is 3. The molecule has 0 radical (unpaired) electrons. The normalized spacial score (nSPS) is 11.8. The number of aromatic nitrogens is 3. The molecule has 1 heterocycles. The van der Waals surface area contributed by atoms with Crippen LogP contribution in [0.1, 0.15) is 24.9 Å². The van der Waals surface area contributed by atoms with Crippen LogP contribution in [-0.4, -0.2) is 34.9 Å². The smallest absolute Gasteiger partial charge is 0.222 e. The lowest BCUT2D eigenvalue weighted by atomic mass is 10.1. The highest BCUT2D eigenvalue weighted by molar-refractivity contribution is 5.76. The van der Waals surface area contributed by atoms with Gasteiger partial charge in [-0.3, -0.25) is 9.48 Å². The van der Waals surface area contributed by atoms with Gasteiger partial charge in [0.2, 0.25) is 5.91 Å². The van der Waals surface area contributed by atoms with Crippen LogP contribution in [0.25, 0.3) is 0 Å². The van der Waals surface area contributed by atoms with Crippen LogP contribution in [0.5, 0.6) is 11.5 Å². The van der Waals surface area contributed by atoms with Crippen molar-refractivity contribution in [3.05, 3.63) is 36.4 Å². The molecule has 2 aromatic rings. The number of rotatable bonds is 7. The topological polar surface area (TPSA) is 78.3 Å². The van der Waals surface area contributed by atoms with Gasteiger partial charge in [0.05, 0.1) is 26.8 Å². The van der Waals surface area contributed by atoms with E-state index in [1.807, 2.05) is 19.1 Å². The van der Waals surface area contributed by atoms with Crippen LogP contribution in [0.4, 0.5) is 0 Å². The van der Waals surface area contributed by atoms with Crippen LogP contribution in [0.3, 0.4) is 0 Å². The van der Waals surface area contributed by atoms with Crippen LogP contribution in [-0.2, 0) is 11.3 Å². The molecule has 0 aliphatic rings. The van der Waals surface area contributed by atoms with Gasteiger partial charge >= 0.3 is 0 Å². The van der Waals surface area contributed by atoms with Crippen molar-refractivity contribution in [3.8, 4) is 11.5 Å². The lowest BCUT2D eigenvalue weighted by Crippen LogP contribution is -2.27. The molecule has 2 rings (SSSR count). The molecule has 0 saturated carbocycles. The number of methoxy groups -OCH3 is 2. The summed E-state index contributed by atoms with van der Waals surface area (Å²) in [5, 5.41) is 6.91. The average molecular weight is 304 g/mol. The van der Waals surface area contributed by atoms with E-state index in [2.05, 4.69) is 15.4 Å². The van der Waals surface area contributed by atoms with E-state index in [0.717, 1.165) is 5.56 Å². The largest absolute Gasteiger partial charge is 0.497 e. The number of nitrogens with one attached hydrogen (secondary N) is 1. The average Bonchev–Trinajstić information content (AvgIpc) is 3.05. The Labute approximate surface area is 129 Å². The van der Waals surface area contributed by atoms with E-state index < -0.39 is 0 Å². The second-order valence-electron chi connectivity index (χ2n) is 4.81. The van der Waals surface area contributed by atoms with E-state index in [1.165, 1.54) is 6.33 Å².